The maximum absolute atomic E-state index is 5.12. The average molecular weight is 327 g/mol. The molecule has 0 aliphatic rings. The molecular formula is C13H15BrN2OS. The lowest BCUT2D eigenvalue weighted by Crippen LogP contribution is -2.17. The highest BCUT2D eigenvalue weighted by atomic mass is 79.9. The molecule has 2 aromatic heterocycles. The van der Waals surface area contributed by atoms with Crippen molar-refractivity contribution in [3.63, 3.8) is 0 Å². The first-order valence-electron chi connectivity index (χ1n) is 5.60. The topological polar surface area (TPSA) is 25.4 Å². The maximum Gasteiger partial charge on any atom is 0.213 e. The van der Waals surface area contributed by atoms with E-state index in [1.807, 2.05) is 18.2 Å². The van der Waals surface area contributed by atoms with Crippen molar-refractivity contribution in [1.29, 1.82) is 0 Å². The molecule has 0 fully saturated rings. The van der Waals surface area contributed by atoms with Gasteiger partial charge in [-0.05, 0) is 41.2 Å². The van der Waals surface area contributed by atoms with Crippen molar-refractivity contribution >= 4 is 27.3 Å². The Morgan fingerprint density at radius 2 is 2.11 bits per heavy atom. The van der Waals surface area contributed by atoms with Crippen LogP contribution in [0, 0.1) is 0 Å². The largest absolute Gasteiger partial charge is 0.481 e. The second-order valence-electron chi connectivity index (χ2n) is 4.05. The summed E-state index contributed by atoms with van der Waals surface area (Å²) < 4.78 is 6.30. The minimum Gasteiger partial charge on any atom is -0.481 e. The van der Waals surface area contributed by atoms with Gasteiger partial charge in [0.1, 0.15) is 0 Å². The van der Waals surface area contributed by atoms with Gasteiger partial charge in [-0.2, -0.15) is 0 Å². The average Bonchev–Trinajstić information content (AvgIpc) is 2.74. The number of pyridine rings is 1. The van der Waals surface area contributed by atoms with Crippen LogP contribution >= 0.6 is 27.3 Å². The Balaban J connectivity index is 1.96. The van der Waals surface area contributed by atoms with Gasteiger partial charge in [0.15, 0.2) is 0 Å². The van der Waals surface area contributed by atoms with E-state index in [9.17, 15) is 0 Å². The van der Waals surface area contributed by atoms with Crippen LogP contribution in [0.15, 0.2) is 34.1 Å². The molecule has 0 spiro atoms. The summed E-state index contributed by atoms with van der Waals surface area (Å²) in [4.78, 5) is 7.98. The van der Waals surface area contributed by atoms with Crippen molar-refractivity contribution in [1.82, 2.24) is 9.88 Å². The van der Waals surface area contributed by atoms with E-state index in [2.05, 4.69) is 45.0 Å². The van der Waals surface area contributed by atoms with Gasteiger partial charge in [0.05, 0.1) is 16.6 Å². The van der Waals surface area contributed by atoms with E-state index in [0.717, 1.165) is 18.8 Å². The van der Waals surface area contributed by atoms with Crippen molar-refractivity contribution < 1.29 is 4.74 Å². The van der Waals surface area contributed by atoms with Gasteiger partial charge >= 0.3 is 0 Å². The van der Waals surface area contributed by atoms with E-state index in [1.165, 1.54) is 8.66 Å². The molecule has 18 heavy (non-hydrogen) atoms. The van der Waals surface area contributed by atoms with Gasteiger partial charge < -0.3 is 4.74 Å². The first-order valence-corrected chi connectivity index (χ1v) is 7.21. The van der Waals surface area contributed by atoms with Gasteiger partial charge in [-0.15, -0.1) is 11.3 Å². The summed E-state index contributed by atoms with van der Waals surface area (Å²) in [6.07, 6.45) is 0. The Kier molecular flexibility index (Phi) is 4.74. The van der Waals surface area contributed by atoms with E-state index in [-0.39, 0.29) is 0 Å². The molecule has 0 unspecified atom stereocenters. The second-order valence-corrected chi connectivity index (χ2v) is 6.60. The number of thiophene rings is 1. The summed E-state index contributed by atoms with van der Waals surface area (Å²) in [6, 6.07) is 10.1. The van der Waals surface area contributed by atoms with Gasteiger partial charge in [0.2, 0.25) is 5.88 Å². The Bertz CT molecular complexity index is 515. The van der Waals surface area contributed by atoms with Crippen molar-refractivity contribution in [2.75, 3.05) is 14.2 Å². The summed E-state index contributed by atoms with van der Waals surface area (Å²) in [6.45, 7) is 1.74. The number of aromatic nitrogens is 1. The predicted molar refractivity (Wildman–Crippen MR) is 78.0 cm³/mol. The van der Waals surface area contributed by atoms with E-state index < -0.39 is 0 Å². The molecule has 0 saturated carbocycles. The van der Waals surface area contributed by atoms with Gasteiger partial charge in [-0.25, -0.2) is 4.98 Å². The van der Waals surface area contributed by atoms with Gasteiger partial charge in [0, 0.05) is 24.0 Å². The molecule has 0 radical (unpaired) electrons. The number of ether oxygens (including phenoxy) is 1. The number of rotatable bonds is 5. The first kappa shape index (κ1) is 13.5. The molecule has 5 heteroatoms. The zero-order chi connectivity index (χ0) is 13.0. The highest BCUT2D eigenvalue weighted by Crippen LogP contribution is 2.23. The summed E-state index contributed by atoms with van der Waals surface area (Å²) in [7, 11) is 3.73. The van der Waals surface area contributed by atoms with Crippen LogP contribution in [-0.2, 0) is 13.1 Å². The van der Waals surface area contributed by atoms with E-state index >= 15 is 0 Å². The number of hydrogen-bond acceptors (Lipinski definition) is 4. The molecule has 0 N–H and O–H groups in total. The van der Waals surface area contributed by atoms with Crippen LogP contribution < -0.4 is 4.74 Å². The van der Waals surface area contributed by atoms with Crippen molar-refractivity contribution in [3.8, 4) is 5.88 Å². The lowest BCUT2D eigenvalue weighted by Gasteiger charge is -2.15. The third-order valence-corrected chi connectivity index (χ3v) is 4.09. The SMILES string of the molecule is COc1cccc(CN(C)Cc2ccc(Br)s2)n1. The maximum atomic E-state index is 5.12. The molecule has 0 atom stereocenters. The zero-order valence-corrected chi connectivity index (χ0v) is 12.8. The summed E-state index contributed by atoms with van der Waals surface area (Å²) >= 11 is 5.24. The van der Waals surface area contributed by atoms with E-state index in [1.54, 1.807) is 18.4 Å². The molecule has 0 saturated heterocycles. The first-order chi connectivity index (χ1) is 8.67. The molecule has 0 aliphatic heterocycles. The van der Waals surface area contributed by atoms with Crippen LogP contribution in [0.1, 0.15) is 10.6 Å². The lowest BCUT2D eigenvalue weighted by molar-refractivity contribution is 0.314. The molecule has 2 aromatic rings. The fourth-order valence-corrected chi connectivity index (χ4v) is 3.26. The standard InChI is InChI=1S/C13H15BrN2OS/c1-16(9-11-6-7-12(14)18-11)8-10-4-3-5-13(15-10)17-2/h3-7H,8-9H2,1-2H3. The van der Waals surface area contributed by atoms with E-state index in [4.69, 9.17) is 4.74 Å². The molecule has 0 aliphatic carbocycles. The Morgan fingerprint density at radius 3 is 2.78 bits per heavy atom. The number of nitrogens with zero attached hydrogens (tertiary/aromatic N) is 2. The van der Waals surface area contributed by atoms with Crippen LogP contribution in [0.2, 0.25) is 0 Å². The highest BCUT2D eigenvalue weighted by molar-refractivity contribution is 9.11. The molecule has 2 rings (SSSR count). The molecular weight excluding hydrogens is 312 g/mol. The molecule has 0 aromatic carbocycles. The monoisotopic (exact) mass is 326 g/mol. The minimum atomic E-state index is 0.666. The normalized spacial score (nSPS) is 10.9. The van der Waals surface area contributed by atoms with Crippen LogP contribution in [0.3, 0.4) is 0 Å². The number of halogens is 1. The van der Waals surface area contributed by atoms with Crippen LogP contribution in [0.5, 0.6) is 5.88 Å². The van der Waals surface area contributed by atoms with E-state index in [0.29, 0.717) is 5.88 Å². The number of hydrogen-bond donors (Lipinski definition) is 0. The number of methoxy groups -OCH3 is 1. The molecule has 96 valence electrons. The van der Waals surface area contributed by atoms with Gasteiger partial charge in [-0.3, -0.25) is 4.90 Å². The Hall–Kier alpha value is -0.910. The summed E-state index contributed by atoms with van der Waals surface area (Å²) in [5.74, 6) is 0.666. The summed E-state index contributed by atoms with van der Waals surface area (Å²) in [5, 5.41) is 0. The van der Waals surface area contributed by atoms with Crippen molar-refractivity contribution in [2.24, 2.45) is 0 Å². The van der Waals surface area contributed by atoms with Crippen molar-refractivity contribution in [3.05, 3.63) is 44.7 Å². The molecule has 0 amide bonds. The third-order valence-electron chi connectivity index (χ3n) is 2.48. The lowest BCUT2D eigenvalue weighted by atomic mass is 10.3. The van der Waals surface area contributed by atoms with Crippen LogP contribution in [0.25, 0.3) is 0 Å². The quantitative estimate of drug-likeness (QED) is 0.840. The molecule has 2 heterocycles. The molecule has 3 nitrogen and oxygen atoms in total. The van der Waals surface area contributed by atoms with Crippen LogP contribution in [0.4, 0.5) is 0 Å². The van der Waals surface area contributed by atoms with Crippen LogP contribution in [-0.4, -0.2) is 24.0 Å². The zero-order valence-electron chi connectivity index (χ0n) is 10.4. The fourth-order valence-electron chi connectivity index (χ4n) is 1.69. The fraction of sp³-hybridized carbons (Fsp3) is 0.308. The second kappa shape index (κ2) is 6.31. The highest BCUT2D eigenvalue weighted by Gasteiger charge is 2.05. The Labute approximate surface area is 120 Å². The van der Waals surface area contributed by atoms with Gasteiger partial charge in [-0.1, -0.05) is 6.07 Å². The summed E-state index contributed by atoms with van der Waals surface area (Å²) in [5.41, 5.74) is 1.02. The predicted octanol–water partition coefficient (Wildman–Crippen LogP) is 3.55. The smallest absolute Gasteiger partial charge is 0.213 e. The third kappa shape index (κ3) is 3.80. The van der Waals surface area contributed by atoms with Gasteiger partial charge in [0.25, 0.3) is 0 Å². The Morgan fingerprint density at radius 1 is 1.28 bits per heavy atom. The minimum absolute atomic E-state index is 0.666. The molecule has 0 bridgehead atoms. The van der Waals surface area contributed by atoms with Crippen molar-refractivity contribution in [2.45, 2.75) is 13.1 Å².